The van der Waals surface area contributed by atoms with Crippen LogP contribution < -0.4 is 5.32 Å². The summed E-state index contributed by atoms with van der Waals surface area (Å²) in [6.45, 7) is 4.97. The summed E-state index contributed by atoms with van der Waals surface area (Å²) >= 11 is 0. The maximum Gasteiger partial charge on any atom is 0.305 e. The second-order valence-electron chi connectivity index (χ2n) is 27.0. The molecule has 85 heavy (non-hydrogen) atoms. The first kappa shape index (κ1) is 83.3. The number of hydrogen-bond donors (Lipinski definition) is 3. The van der Waals surface area contributed by atoms with Crippen molar-refractivity contribution in [2.24, 2.45) is 0 Å². The molecule has 0 heterocycles. The second-order valence-corrected chi connectivity index (χ2v) is 27.0. The fourth-order valence-electron chi connectivity index (χ4n) is 12.5. The Kier molecular flexibility index (Phi) is 73.3. The molecule has 0 saturated heterocycles. The van der Waals surface area contributed by atoms with Crippen LogP contribution >= 0.6 is 0 Å². The van der Waals surface area contributed by atoms with Gasteiger partial charge in [0.25, 0.3) is 0 Å². The molecule has 0 spiro atoms. The van der Waals surface area contributed by atoms with Gasteiger partial charge in [-0.2, -0.15) is 0 Å². The zero-order chi connectivity index (χ0) is 61.3. The maximum atomic E-state index is 12.6. The van der Waals surface area contributed by atoms with E-state index in [1.54, 1.807) is 0 Å². The van der Waals surface area contributed by atoms with Gasteiger partial charge in [-0.3, -0.25) is 9.59 Å². The summed E-state index contributed by atoms with van der Waals surface area (Å²) in [5.74, 6) is -0.0142. The van der Waals surface area contributed by atoms with E-state index < -0.39 is 12.1 Å². The number of nitrogens with one attached hydrogen (secondary N) is 1. The molecule has 0 aliphatic carbocycles. The van der Waals surface area contributed by atoms with Gasteiger partial charge < -0.3 is 20.3 Å². The van der Waals surface area contributed by atoms with Crippen LogP contribution in [0.3, 0.4) is 0 Å². The Bertz CT molecular complexity index is 1330. The van der Waals surface area contributed by atoms with Crippen LogP contribution in [0.5, 0.6) is 0 Å². The highest BCUT2D eigenvalue weighted by atomic mass is 16.5. The van der Waals surface area contributed by atoms with Gasteiger partial charge >= 0.3 is 5.97 Å². The van der Waals surface area contributed by atoms with Gasteiger partial charge in [0.05, 0.1) is 25.4 Å². The van der Waals surface area contributed by atoms with Crippen molar-refractivity contribution in [3.05, 3.63) is 24.3 Å². The van der Waals surface area contributed by atoms with Crippen molar-refractivity contribution in [1.82, 2.24) is 5.32 Å². The predicted molar refractivity (Wildman–Crippen MR) is 375 cm³/mol. The molecule has 0 saturated carbocycles. The van der Waals surface area contributed by atoms with E-state index in [-0.39, 0.29) is 18.5 Å². The van der Waals surface area contributed by atoms with E-state index in [1.807, 2.05) is 0 Å². The van der Waals surface area contributed by atoms with E-state index in [1.165, 1.54) is 366 Å². The summed E-state index contributed by atoms with van der Waals surface area (Å²) in [6.07, 6.45) is 95.6. The Morgan fingerprint density at radius 1 is 0.318 bits per heavy atom. The molecule has 2 unspecified atom stereocenters. The Morgan fingerprint density at radius 2 is 0.553 bits per heavy atom. The number of esters is 1. The van der Waals surface area contributed by atoms with Crippen LogP contribution in [0.15, 0.2) is 24.3 Å². The molecule has 0 aromatic rings. The predicted octanol–water partition coefficient (Wildman–Crippen LogP) is 25.7. The van der Waals surface area contributed by atoms with Gasteiger partial charge in [0.2, 0.25) is 5.91 Å². The summed E-state index contributed by atoms with van der Waals surface area (Å²) in [4.78, 5) is 24.6. The third kappa shape index (κ3) is 71.3. The standard InChI is InChI=1S/C79H153NO5/c1-3-5-7-9-11-13-15-17-18-19-39-42-45-48-51-55-59-63-67-71-77(82)76(75-81)80-78(83)72-68-64-60-56-52-49-46-43-40-37-35-33-31-29-27-25-23-21-20-22-24-26-28-30-32-34-36-38-41-44-47-50-54-58-62-66-70-74-85-79(84)73-69-65-61-57-53-16-14-12-10-8-6-4-2/h12,14,20,22,76-77,81-82H,3-11,13,15-19,21,23-75H2,1-2H3,(H,80,83)/b14-12-,22-20-. The fraction of sp³-hybridized carbons (Fsp3) is 0.924. The minimum Gasteiger partial charge on any atom is -0.466 e. The molecule has 6 heteroatoms. The molecule has 3 N–H and O–H groups in total. The Balaban J connectivity index is 3.33. The average molecular weight is 1200 g/mol. The van der Waals surface area contributed by atoms with Gasteiger partial charge in [0, 0.05) is 12.8 Å². The number of rotatable bonds is 74. The monoisotopic (exact) mass is 1200 g/mol. The quantitative estimate of drug-likeness (QED) is 0.0320. The largest absolute Gasteiger partial charge is 0.466 e. The first-order chi connectivity index (χ1) is 42.0. The van der Waals surface area contributed by atoms with Gasteiger partial charge in [0.1, 0.15) is 0 Å². The lowest BCUT2D eigenvalue weighted by Crippen LogP contribution is -2.45. The fourth-order valence-corrected chi connectivity index (χ4v) is 12.5. The van der Waals surface area contributed by atoms with Crippen molar-refractivity contribution in [1.29, 1.82) is 0 Å². The maximum absolute atomic E-state index is 12.6. The van der Waals surface area contributed by atoms with E-state index in [0.29, 0.717) is 25.9 Å². The topological polar surface area (TPSA) is 95.9 Å². The number of carbonyl (C=O) groups excluding carboxylic acids is 2. The number of aliphatic hydroxyl groups is 2. The van der Waals surface area contributed by atoms with Crippen molar-refractivity contribution in [3.8, 4) is 0 Å². The number of unbranched alkanes of at least 4 members (excludes halogenated alkanes) is 59. The van der Waals surface area contributed by atoms with Crippen LogP contribution in [0.4, 0.5) is 0 Å². The van der Waals surface area contributed by atoms with Crippen LogP contribution in [0.1, 0.15) is 444 Å². The van der Waals surface area contributed by atoms with Gasteiger partial charge in [0.15, 0.2) is 0 Å². The summed E-state index contributed by atoms with van der Waals surface area (Å²) in [5, 5.41) is 23.4. The van der Waals surface area contributed by atoms with Gasteiger partial charge in [-0.15, -0.1) is 0 Å². The van der Waals surface area contributed by atoms with Gasteiger partial charge in [-0.1, -0.05) is 378 Å². The number of ether oxygens (including phenoxy) is 1. The first-order valence-corrected chi connectivity index (χ1v) is 39.1. The van der Waals surface area contributed by atoms with Crippen LogP contribution in [0, 0.1) is 0 Å². The molecule has 0 radical (unpaired) electrons. The molecule has 0 aliphatic rings. The summed E-state index contributed by atoms with van der Waals surface area (Å²) in [7, 11) is 0. The molecular formula is C79H153NO5. The van der Waals surface area contributed by atoms with Crippen LogP contribution in [-0.4, -0.2) is 47.4 Å². The number of hydrogen-bond acceptors (Lipinski definition) is 5. The van der Waals surface area contributed by atoms with Crippen molar-refractivity contribution < 1.29 is 24.5 Å². The van der Waals surface area contributed by atoms with Crippen molar-refractivity contribution in [2.75, 3.05) is 13.2 Å². The number of allylic oxidation sites excluding steroid dienone is 4. The molecule has 0 fully saturated rings. The zero-order valence-corrected chi connectivity index (χ0v) is 57.9. The Hall–Kier alpha value is -1.66. The molecule has 6 nitrogen and oxygen atoms in total. The lowest BCUT2D eigenvalue weighted by Gasteiger charge is -2.22. The molecule has 0 aromatic heterocycles. The van der Waals surface area contributed by atoms with E-state index in [2.05, 4.69) is 43.5 Å². The van der Waals surface area contributed by atoms with E-state index >= 15 is 0 Å². The highest BCUT2D eigenvalue weighted by molar-refractivity contribution is 5.76. The van der Waals surface area contributed by atoms with Gasteiger partial charge in [-0.25, -0.2) is 0 Å². The molecule has 0 bridgehead atoms. The van der Waals surface area contributed by atoms with Crippen LogP contribution in [0.25, 0.3) is 0 Å². The van der Waals surface area contributed by atoms with E-state index in [0.717, 1.165) is 44.9 Å². The van der Waals surface area contributed by atoms with Crippen LogP contribution in [-0.2, 0) is 14.3 Å². The molecule has 0 aliphatic heterocycles. The Morgan fingerprint density at radius 3 is 0.859 bits per heavy atom. The molecule has 504 valence electrons. The van der Waals surface area contributed by atoms with E-state index in [9.17, 15) is 19.8 Å². The molecule has 0 aromatic carbocycles. The van der Waals surface area contributed by atoms with Crippen LogP contribution in [0.2, 0.25) is 0 Å². The second kappa shape index (κ2) is 74.8. The minimum atomic E-state index is -0.662. The van der Waals surface area contributed by atoms with Crippen molar-refractivity contribution >= 4 is 11.9 Å². The normalized spacial score (nSPS) is 12.6. The average Bonchev–Trinajstić information content (AvgIpc) is 3.51. The summed E-state index contributed by atoms with van der Waals surface area (Å²) < 4.78 is 5.48. The summed E-state index contributed by atoms with van der Waals surface area (Å²) in [5.41, 5.74) is 0. The highest BCUT2D eigenvalue weighted by Crippen LogP contribution is 2.20. The number of carbonyl (C=O) groups is 2. The molecule has 1 amide bonds. The van der Waals surface area contributed by atoms with E-state index in [4.69, 9.17) is 4.74 Å². The van der Waals surface area contributed by atoms with Crippen molar-refractivity contribution in [3.63, 3.8) is 0 Å². The minimum absolute atomic E-state index is 0.0120. The van der Waals surface area contributed by atoms with Crippen molar-refractivity contribution in [2.45, 2.75) is 456 Å². The molecule has 2 atom stereocenters. The van der Waals surface area contributed by atoms with Gasteiger partial charge in [-0.05, 0) is 77.0 Å². The number of aliphatic hydroxyl groups excluding tert-OH is 2. The summed E-state index contributed by atoms with van der Waals surface area (Å²) in [6, 6.07) is -0.539. The highest BCUT2D eigenvalue weighted by Gasteiger charge is 2.20. The zero-order valence-electron chi connectivity index (χ0n) is 57.9. The molecule has 0 rings (SSSR count). The first-order valence-electron chi connectivity index (χ1n) is 39.1. The SMILES string of the molecule is CCCCC/C=C\CCCCCCCC(=O)OCCCCCCCCCCCCCCCCCC/C=C\CCCCCCCCCCCCCCCCCCCC(=O)NC(CO)C(O)CCCCCCCCCCCCCCCCCCCCC. The third-order valence-electron chi connectivity index (χ3n) is 18.5. The smallest absolute Gasteiger partial charge is 0.305 e. The number of amides is 1. The third-order valence-corrected chi connectivity index (χ3v) is 18.5. The lowest BCUT2D eigenvalue weighted by molar-refractivity contribution is -0.143. The lowest BCUT2D eigenvalue weighted by atomic mass is 10.0. The Labute approximate surface area is 532 Å². The molecular weight excluding hydrogens is 1040 g/mol.